The van der Waals surface area contributed by atoms with Crippen LogP contribution in [0, 0.1) is 0 Å². The van der Waals surface area contributed by atoms with Gasteiger partial charge in [0.05, 0.1) is 25.3 Å². The highest BCUT2D eigenvalue weighted by atomic mass is 16.5. The van der Waals surface area contributed by atoms with Gasteiger partial charge in [0.1, 0.15) is 17.1 Å². The van der Waals surface area contributed by atoms with Gasteiger partial charge in [-0.15, -0.1) is 0 Å². The number of methoxy groups -OCH3 is 2. The second kappa shape index (κ2) is 6.67. The largest absolute Gasteiger partial charge is 0.497 e. The lowest BCUT2D eigenvalue weighted by atomic mass is 9.85. The van der Waals surface area contributed by atoms with Gasteiger partial charge in [-0.2, -0.15) is 0 Å². The maximum absolute atomic E-state index is 13.0. The molecule has 0 saturated heterocycles. The Morgan fingerprint density at radius 2 is 1.77 bits per heavy atom. The molecule has 134 valence electrons. The Bertz CT molecular complexity index is 891. The van der Waals surface area contributed by atoms with Crippen LogP contribution in [0.2, 0.25) is 0 Å². The Morgan fingerprint density at radius 1 is 1.08 bits per heavy atom. The van der Waals surface area contributed by atoms with E-state index in [-0.39, 0.29) is 5.78 Å². The van der Waals surface area contributed by atoms with Crippen molar-refractivity contribution in [3.05, 3.63) is 64.7 Å². The van der Waals surface area contributed by atoms with Crippen LogP contribution in [0.25, 0.3) is 6.08 Å². The summed E-state index contributed by atoms with van der Waals surface area (Å²) in [6.07, 6.45) is 1.78. The summed E-state index contributed by atoms with van der Waals surface area (Å²) in [5, 5.41) is 0. The van der Waals surface area contributed by atoms with E-state index in [0.29, 0.717) is 28.2 Å². The summed E-state index contributed by atoms with van der Waals surface area (Å²) in [6, 6.07) is 12.1. The summed E-state index contributed by atoms with van der Waals surface area (Å²) in [5.41, 5.74) is 1.48. The fraction of sp³-hybridized carbons (Fsp3) is 0.238. The molecule has 0 spiro atoms. The van der Waals surface area contributed by atoms with E-state index in [4.69, 9.17) is 14.2 Å². The molecule has 1 aliphatic rings. The normalized spacial score (nSPS) is 16.6. The molecule has 0 unspecified atom stereocenters. The van der Waals surface area contributed by atoms with Crippen molar-refractivity contribution < 1.29 is 23.8 Å². The Morgan fingerprint density at radius 3 is 2.38 bits per heavy atom. The van der Waals surface area contributed by atoms with E-state index >= 15 is 0 Å². The van der Waals surface area contributed by atoms with E-state index < -0.39 is 11.6 Å². The minimum absolute atomic E-state index is 0.104. The van der Waals surface area contributed by atoms with E-state index in [1.165, 1.54) is 7.11 Å². The number of ether oxygens (including phenoxy) is 3. The van der Waals surface area contributed by atoms with Gasteiger partial charge in [-0.1, -0.05) is 12.1 Å². The first-order valence-electron chi connectivity index (χ1n) is 8.18. The molecule has 3 rings (SSSR count). The monoisotopic (exact) mass is 352 g/mol. The number of carbonyl (C=O) groups is 2. The average molecular weight is 352 g/mol. The van der Waals surface area contributed by atoms with Crippen LogP contribution in [0.3, 0.4) is 0 Å². The zero-order valence-corrected chi connectivity index (χ0v) is 15.2. The van der Waals surface area contributed by atoms with Gasteiger partial charge in [-0.3, -0.25) is 4.79 Å². The molecule has 0 aromatic heterocycles. The van der Waals surface area contributed by atoms with Gasteiger partial charge in [0, 0.05) is 5.57 Å². The molecule has 2 aromatic carbocycles. The van der Waals surface area contributed by atoms with Gasteiger partial charge >= 0.3 is 5.97 Å². The van der Waals surface area contributed by atoms with Gasteiger partial charge in [-0.05, 0) is 55.8 Å². The van der Waals surface area contributed by atoms with Gasteiger partial charge in [0.2, 0.25) is 0 Å². The average Bonchev–Trinajstić information content (AvgIpc) is 2.64. The van der Waals surface area contributed by atoms with Crippen molar-refractivity contribution in [2.75, 3.05) is 14.2 Å². The molecule has 1 aliphatic heterocycles. The molecule has 2 aromatic rings. The van der Waals surface area contributed by atoms with Crippen molar-refractivity contribution in [3.63, 3.8) is 0 Å². The molecule has 5 heteroatoms. The number of hydrogen-bond donors (Lipinski definition) is 0. The number of esters is 1. The Balaban J connectivity index is 2.01. The standard InChI is InChI=1S/C21H20O5/c1-21(2)17(11-13-5-7-14(8-6-13)20(23)25-4)19(22)16-12-15(24-3)9-10-18(16)26-21/h5-12H,1-4H3/b17-11-. The topological polar surface area (TPSA) is 61.8 Å². The molecular formula is C21H20O5. The quantitative estimate of drug-likeness (QED) is 0.619. The van der Waals surface area contributed by atoms with Crippen LogP contribution in [0.15, 0.2) is 48.0 Å². The molecule has 1 heterocycles. The molecule has 0 saturated carbocycles. The predicted molar refractivity (Wildman–Crippen MR) is 97.8 cm³/mol. The number of ketones is 1. The third-order valence-corrected chi connectivity index (χ3v) is 4.33. The fourth-order valence-electron chi connectivity index (χ4n) is 2.89. The summed E-state index contributed by atoms with van der Waals surface area (Å²) in [6.45, 7) is 3.71. The minimum Gasteiger partial charge on any atom is -0.497 e. The number of rotatable bonds is 3. The first kappa shape index (κ1) is 17.7. The lowest BCUT2D eigenvalue weighted by Crippen LogP contribution is -2.38. The molecule has 0 N–H and O–H groups in total. The third kappa shape index (κ3) is 3.20. The minimum atomic E-state index is -0.778. The molecule has 0 radical (unpaired) electrons. The summed E-state index contributed by atoms with van der Waals surface area (Å²) in [5.74, 6) is 0.635. The lowest BCUT2D eigenvalue weighted by molar-refractivity contribution is 0.0600. The van der Waals surface area contributed by atoms with Crippen LogP contribution in [0.5, 0.6) is 11.5 Å². The summed E-state index contributed by atoms with van der Waals surface area (Å²) >= 11 is 0. The number of carbonyl (C=O) groups excluding carboxylic acids is 2. The Kier molecular flexibility index (Phi) is 4.55. The maximum atomic E-state index is 13.0. The van der Waals surface area contributed by atoms with Crippen molar-refractivity contribution >= 4 is 17.8 Å². The van der Waals surface area contributed by atoms with Crippen LogP contribution in [-0.4, -0.2) is 31.6 Å². The van der Waals surface area contributed by atoms with Gasteiger partial charge in [0.15, 0.2) is 5.78 Å². The first-order chi connectivity index (χ1) is 12.4. The van der Waals surface area contributed by atoms with Crippen LogP contribution in [0.4, 0.5) is 0 Å². The number of fused-ring (bicyclic) bond motifs is 1. The zero-order chi connectivity index (χ0) is 18.9. The number of hydrogen-bond acceptors (Lipinski definition) is 5. The lowest BCUT2D eigenvalue weighted by Gasteiger charge is -2.34. The second-order valence-electron chi connectivity index (χ2n) is 6.48. The summed E-state index contributed by atoms with van der Waals surface area (Å²) in [4.78, 5) is 24.6. The van der Waals surface area contributed by atoms with Crippen LogP contribution in [-0.2, 0) is 4.74 Å². The third-order valence-electron chi connectivity index (χ3n) is 4.33. The van der Waals surface area contributed by atoms with Crippen LogP contribution < -0.4 is 9.47 Å². The molecule has 5 nitrogen and oxygen atoms in total. The Hall–Kier alpha value is -3.08. The Labute approximate surface area is 152 Å². The second-order valence-corrected chi connectivity index (χ2v) is 6.48. The summed E-state index contributed by atoms with van der Waals surface area (Å²) < 4.78 is 15.9. The smallest absolute Gasteiger partial charge is 0.337 e. The molecule has 0 aliphatic carbocycles. The highest BCUT2D eigenvalue weighted by molar-refractivity contribution is 6.15. The van der Waals surface area contributed by atoms with Crippen molar-refractivity contribution in [3.8, 4) is 11.5 Å². The highest BCUT2D eigenvalue weighted by Gasteiger charge is 2.38. The predicted octanol–water partition coefficient (Wildman–Crippen LogP) is 3.92. The first-order valence-corrected chi connectivity index (χ1v) is 8.18. The molecule has 0 bridgehead atoms. The summed E-state index contributed by atoms with van der Waals surface area (Å²) in [7, 11) is 2.89. The van der Waals surface area contributed by atoms with E-state index in [1.807, 2.05) is 13.8 Å². The molecular weight excluding hydrogens is 332 g/mol. The number of Topliss-reactive ketones (excluding diaryl/α,β-unsaturated/α-hetero) is 1. The molecule has 0 atom stereocenters. The highest BCUT2D eigenvalue weighted by Crippen LogP contribution is 2.39. The van der Waals surface area contributed by atoms with Crippen LogP contribution >= 0.6 is 0 Å². The molecule has 26 heavy (non-hydrogen) atoms. The van der Waals surface area contributed by atoms with Crippen molar-refractivity contribution in [2.45, 2.75) is 19.4 Å². The SMILES string of the molecule is COC(=O)c1ccc(/C=C2/C(=O)c3cc(OC)ccc3OC2(C)C)cc1. The van der Waals surface area contributed by atoms with E-state index in [0.717, 1.165) is 5.56 Å². The number of benzene rings is 2. The molecule has 0 amide bonds. The van der Waals surface area contributed by atoms with Crippen LogP contribution in [0.1, 0.15) is 40.1 Å². The van der Waals surface area contributed by atoms with E-state index in [1.54, 1.807) is 55.7 Å². The van der Waals surface area contributed by atoms with Gasteiger partial charge in [0.25, 0.3) is 0 Å². The maximum Gasteiger partial charge on any atom is 0.337 e. The zero-order valence-electron chi connectivity index (χ0n) is 15.2. The molecule has 0 fully saturated rings. The van der Waals surface area contributed by atoms with E-state index in [9.17, 15) is 9.59 Å². The van der Waals surface area contributed by atoms with Gasteiger partial charge in [-0.25, -0.2) is 4.79 Å². The van der Waals surface area contributed by atoms with Crippen molar-refractivity contribution in [1.29, 1.82) is 0 Å². The van der Waals surface area contributed by atoms with Gasteiger partial charge < -0.3 is 14.2 Å². The van der Waals surface area contributed by atoms with Crippen molar-refractivity contribution in [1.82, 2.24) is 0 Å². The fourth-order valence-corrected chi connectivity index (χ4v) is 2.89. The van der Waals surface area contributed by atoms with E-state index in [2.05, 4.69) is 0 Å². The van der Waals surface area contributed by atoms with Crippen molar-refractivity contribution in [2.24, 2.45) is 0 Å².